The fourth-order valence-corrected chi connectivity index (χ4v) is 0.889. The molecule has 1 aromatic rings. The lowest BCUT2D eigenvalue weighted by atomic mass is 10.2. The second-order valence-electron chi connectivity index (χ2n) is 2.68. The Balaban J connectivity index is 2.89. The van der Waals surface area contributed by atoms with E-state index in [1.54, 1.807) is 12.3 Å². The lowest BCUT2D eigenvalue weighted by Crippen LogP contribution is -1.92. The number of rotatable bonds is 1. The molecule has 13 heavy (non-hydrogen) atoms. The number of aliphatic hydroxyl groups is 1. The zero-order valence-corrected chi connectivity index (χ0v) is 7.54. The van der Waals surface area contributed by atoms with Crippen LogP contribution in [0.2, 0.25) is 0 Å². The van der Waals surface area contributed by atoms with Crippen LogP contribution < -0.4 is 5.73 Å². The van der Waals surface area contributed by atoms with E-state index in [0.29, 0.717) is 12.1 Å². The van der Waals surface area contributed by atoms with Crippen LogP contribution in [0.3, 0.4) is 0 Å². The van der Waals surface area contributed by atoms with Gasteiger partial charge in [0.1, 0.15) is 0 Å². The van der Waals surface area contributed by atoms with Crippen LogP contribution in [0.15, 0.2) is 12.3 Å². The fourth-order valence-electron chi connectivity index (χ4n) is 0.889. The maximum atomic E-state index is 8.53. The summed E-state index contributed by atoms with van der Waals surface area (Å²) in [6, 6.07) is 1.78. The normalized spacial score (nSPS) is 9.08. The molecule has 1 heterocycles. The first-order valence-corrected chi connectivity index (χ1v) is 4.06. The van der Waals surface area contributed by atoms with Gasteiger partial charge < -0.3 is 10.8 Å². The molecule has 0 aliphatic rings. The van der Waals surface area contributed by atoms with Crippen molar-refractivity contribution in [1.29, 1.82) is 0 Å². The number of aromatic nitrogens is 1. The lowest BCUT2D eigenvalue weighted by Gasteiger charge is -1.97. The number of anilines is 1. The van der Waals surface area contributed by atoms with Gasteiger partial charge in [0.25, 0.3) is 0 Å². The van der Waals surface area contributed by atoms with Crippen LogP contribution in [0.5, 0.6) is 0 Å². The standard InChI is InChI=1S/C10H12N2O/c1-8-9(4-2-3-5-13)6-10(11)7-12-8/h6-7,13H,3,5,11H2,1H3. The fraction of sp³-hybridized carbons (Fsp3) is 0.300. The maximum absolute atomic E-state index is 8.53. The SMILES string of the molecule is Cc1ncc(N)cc1C#CCCO. The number of nitrogens with two attached hydrogens (primary N) is 1. The van der Waals surface area contributed by atoms with Gasteiger partial charge in [-0.1, -0.05) is 11.8 Å². The third kappa shape index (κ3) is 2.77. The van der Waals surface area contributed by atoms with E-state index in [2.05, 4.69) is 16.8 Å². The van der Waals surface area contributed by atoms with Crippen molar-refractivity contribution in [3.05, 3.63) is 23.5 Å². The molecule has 0 saturated heterocycles. The first kappa shape index (κ1) is 9.56. The van der Waals surface area contributed by atoms with Crippen molar-refractivity contribution >= 4 is 5.69 Å². The first-order valence-electron chi connectivity index (χ1n) is 4.06. The quantitative estimate of drug-likeness (QED) is 0.619. The molecule has 0 radical (unpaired) electrons. The van der Waals surface area contributed by atoms with Crippen molar-refractivity contribution in [2.45, 2.75) is 13.3 Å². The smallest absolute Gasteiger partial charge is 0.0540 e. The molecule has 0 bridgehead atoms. The summed E-state index contributed by atoms with van der Waals surface area (Å²) in [5, 5.41) is 8.53. The van der Waals surface area contributed by atoms with Crippen molar-refractivity contribution < 1.29 is 5.11 Å². The van der Waals surface area contributed by atoms with E-state index >= 15 is 0 Å². The maximum Gasteiger partial charge on any atom is 0.0540 e. The Morgan fingerprint density at radius 1 is 1.62 bits per heavy atom. The van der Waals surface area contributed by atoms with Crippen LogP contribution >= 0.6 is 0 Å². The van der Waals surface area contributed by atoms with E-state index in [0.717, 1.165) is 11.3 Å². The van der Waals surface area contributed by atoms with E-state index in [4.69, 9.17) is 10.8 Å². The predicted molar refractivity (Wildman–Crippen MR) is 52.0 cm³/mol. The highest BCUT2D eigenvalue weighted by molar-refractivity contribution is 5.47. The zero-order valence-electron chi connectivity index (χ0n) is 7.54. The van der Waals surface area contributed by atoms with Gasteiger partial charge in [0.2, 0.25) is 0 Å². The first-order chi connectivity index (χ1) is 6.24. The van der Waals surface area contributed by atoms with Crippen molar-refractivity contribution in [2.75, 3.05) is 12.3 Å². The third-order valence-corrected chi connectivity index (χ3v) is 1.57. The molecule has 1 rings (SSSR count). The molecule has 0 unspecified atom stereocenters. The van der Waals surface area contributed by atoms with E-state index < -0.39 is 0 Å². The Bertz CT molecular complexity index is 350. The predicted octanol–water partition coefficient (Wildman–Crippen LogP) is 0.706. The van der Waals surface area contributed by atoms with Gasteiger partial charge in [0, 0.05) is 12.0 Å². The Morgan fingerprint density at radius 2 is 2.38 bits per heavy atom. The van der Waals surface area contributed by atoms with Gasteiger partial charge in [-0.3, -0.25) is 4.98 Å². The summed E-state index contributed by atoms with van der Waals surface area (Å²) in [5.74, 6) is 5.73. The Labute approximate surface area is 77.6 Å². The topological polar surface area (TPSA) is 59.1 Å². The van der Waals surface area contributed by atoms with Crippen molar-refractivity contribution in [1.82, 2.24) is 4.98 Å². The van der Waals surface area contributed by atoms with Gasteiger partial charge in [-0.25, -0.2) is 0 Å². The number of nitrogens with zero attached hydrogens (tertiary/aromatic N) is 1. The monoisotopic (exact) mass is 176 g/mol. The average molecular weight is 176 g/mol. The molecule has 0 saturated carbocycles. The molecule has 0 spiro atoms. The van der Waals surface area contributed by atoms with Crippen LogP contribution in [0.1, 0.15) is 17.7 Å². The van der Waals surface area contributed by atoms with E-state index in [1.807, 2.05) is 6.92 Å². The van der Waals surface area contributed by atoms with Gasteiger partial charge in [-0.05, 0) is 13.0 Å². The van der Waals surface area contributed by atoms with Gasteiger partial charge in [-0.15, -0.1) is 0 Å². The summed E-state index contributed by atoms with van der Waals surface area (Å²) in [7, 11) is 0. The molecular formula is C10H12N2O. The number of nitrogen functional groups attached to an aromatic ring is 1. The highest BCUT2D eigenvalue weighted by Gasteiger charge is 1.95. The molecule has 0 amide bonds. The number of aliphatic hydroxyl groups excluding tert-OH is 1. The third-order valence-electron chi connectivity index (χ3n) is 1.57. The van der Waals surface area contributed by atoms with Crippen LogP contribution in [0.4, 0.5) is 5.69 Å². The summed E-state index contributed by atoms with van der Waals surface area (Å²) in [6.45, 7) is 1.96. The molecular weight excluding hydrogens is 164 g/mol. The van der Waals surface area contributed by atoms with Gasteiger partial charge >= 0.3 is 0 Å². The van der Waals surface area contributed by atoms with Crippen LogP contribution in [0, 0.1) is 18.8 Å². The molecule has 1 aromatic heterocycles. The second-order valence-corrected chi connectivity index (χ2v) is 2.68. The highest BCUT2D eigenvalue weighted by atomic mass is 16.2. The van der Waals surface area contributed by atoms with Gasteiger partial charge in [-0.2, -0.15) is 0 Å². The Hall–Kier alpha value is -1.53. The van der Waals surface area contributed by atoms with Crippen molar-refractivity contribution in [3.63, 3.8) is 0 Å². The largest absolute Gasteiger partial charge is 0.397 e. The molecule has 0 aliphatic heterocycles. The minimum absolute atomic E-state index is 0.0851. The van der Waals surface area contributed by atoms with E-state index in [1.165, 1.54) is 0 Å². The van der Waals surface area contributed by atoms with Crippen LogP contribution in [0.25, 0.3) is 0 Å². The van der Waals surface area contributed by atoms with Crippen LogP contribution in [-0.2, 0) is 0 Å². The Morgan fingerprint density at radius 3 is 3.08 bits per heavy atom. The summed E-state index contributed by atoms with van der Waals surface area (Å²) in [5.41, 5.74) is 7.85. The molecule has 0 fully saturated rings. The van der Waals surface area contributed by atoms with Crippen LogP contribution in [-0.4, -0.2) is 16.7 Å². The summed E-state index contributed by atoms with van der Waals surface area (Å²) < 4.78 is 0. The molecule has 3 heteroatoms. The molecule has 0 atom stereocenters. The van der Waals surface area contributed by atoms with Crippen molar-refractivity contribution in [3.8, 4) is 11.8 Å². The lowest BCUT2D eigenvalue weighted by molar-refractivity contribution is 0.305. The summed E-state index contributed by atoms with van der Waals surface area (Å²) in [6.07, 6.45) is 2.08. The number of pyridine rings is 1. The second kappa shape index (κ2) is 4.48. The number of aryl methyl sites for hydroxylation is 1. The van der Waals surface area contributed by atoms with Crippen molar-refractivity contribution in [2.24, 2.45) is 0 Å². The molecule has 3 N–H and O–H groups in total. The summed E-state index contributed by atoms with van der Waals surface area (Å²) in [4.78, 5) is 4.07. The van der Waals surface area contributed by atoms with E-state index in [-0.39, 0.29) is 6.61 Å². The van der Waals surface area contributed by atoms with E-state index in [9.17, 15) is 0 Å². The Kier molecular flexibility index (Phi) is 3.30. The number of hydrogen-bond donors (Lipinski definition) is 2. The molecule has 0 aromatic carbocycles. The summed E-state index contributed by atoms with van der Waals surface area (Å²) >= 11 is 0. The molecule has 68 valence electrons. The molecule has 0 aliphatic carbocycles. The number of hydrogen-bond acceptors (Lipinski definition) is 3. The van der Waals surface area contributed by atoms with Gasteiger partial charge in [0.15, 0.2) is 0 Å². The average Bonchev–Trinajstić information content (AvgIpc) is 2.11. The highest BCUT2D eigenvalue weighted by Crippen LogP contribution is 2.07. The minimum atomic E-state index is 0.0851. The minimum Gasteiger partial charge on any atom is -0.397 e. The van der Waals surface area contributed by atoms with Gasteiger partial charge in [0.05, 0.1) is 24.2 Å². The molecule has 3 nitrogen and oxygen atoms in total. The zero-order chi connectivity index (χ0) is 9.68.